The van der Waals surface area contributed by atoms with E-state index in [0.29, 0.717) is 5.75 Å². The summed E-state index contributed by atoms with van der Waals surface area (Å²) in [5, 5.41) is 0. The molecule has 0 radical (unpaired) electrons. The van der Waals surface area contributed by atoms with Crippen molar-refractivity contribution >= 4 is 41.1 Å². The first-order valence-electron chi connectivity index (χ1n) is 10.9. The molecule has 0 aromatic heterocycles. The van der Waals surface area contributed by atoms with E-state index in [9.17, 15) is 19.2 Å². The van der Waals surface area contributed by atoms with Crippen molar-refractivity contribution in [3.8, 4) is 0 Å². The molecule has 0 unspecified atom stereocenters. The van der Waals surface area contributed by atoms with Crippen molar-refractivity contribution in [2.24, 2.45) is 0 Å². The highest BCUT2D eigenvalue weighted by Crippen LogP contribution is 2.33. The third kappa shape index (κ3) is 4.15. The van der Waals surface area contributed by atoms with E-state index in [-0.39, 0.29) is 29.5 Å². The van der Waals surface area contributed by atoms with Gasteiger partial charge in [-0.25, -0.2) is 4.79 Å². The Morgan fingerprint density at radius 1 is 1.06 bits per heavy atom. The molecule has 0 saturated heterocycles. The molecule has 4 rings (SSSR count). The number of hydrogen-bond acceptors (Lipinski definition) is 6. The number of benzene rings is 2. The second kappa shape index (κ2) is 9.39. The van der Waals surface area contributed by atoms with E-state index < -0.39 is 29.9 Å². The Balaban J connectivity index is 1.53. The lowest BCUT2D eigenvalue weighted by atomic mass is 10.1. The summed E-state index contributed by atoms with van der Waals surface area (Å²) in [6, 6.07) is 13.0. The predicted octanol–water partition coefficient (Wildman–Crippen LogP) is 3.31. The van der Waals surface area contributed by atoms with Gasteiger partial charge in [0.25, 0.3) is 17.7 Å². The SMILES string of the molecule is CSCC[C@H](C(=O)O[C@@H](C)C(=O)N1c2ccccc2C[C@H]1C)N1C(=O)c2ccccc2C1=O. The average molecular weight is 467 g/mol. The van der Waals surface area contributed by atoms with E-state index in [4.69, 9.17) is 4.74 Å². The second-order valence-corrected chi connectivity index (χ2v) is 9.28. The van der Waals surface area contributed by atoms with Gasteiger partial charge in [0.15, 0.2) is 6.10 Å². The first-order valence-corrected chi connectivity index (χ1v) is 12.3. The Bertz CT molecular complexity index is 1080. The van der Waals surface area contributed by atoms with Gasteiger partial charge in [-0.1, -0.05) is 30.3 Å². The molecule has 0 fully saturated rings. The minimum absolute atomic E-state index is 0.0559. The van der Waals surface area contributed by atoms with Crippen LogP contribution in [-0.2, 0) is 20.7 Å². The molecule has 172 valence electrons. The predicted molar refractivity (Wildman–Crippen MR) is 126 cm³/mol. The van der Waals surface area contributed by atoms with Gasteiger partial charge in [0.05, 0.1) is 11.1 Å². The molecular formula is C25H26N2O5S. The van der Waals surface area contributed by atoms with Crippen LogP contribution in [0, 0.1) is 0 Å². The highest BCUT2D eigenvalue weighted by molar-refractivity contribution is 7.98. The summed E-state index contributed by atoms with van der Waals surface area (Å²) >= 11 is 1.50. The number of esters is 1. The Labute approximate surface area is 197 Å². The number of imide groups is 1. The Morgan fingerprint density at radius 3 is 2.30 bits per heavy atom. The zero-order valence-corrected chi connectivity index (χ0v) is 19.6. The molecule has 33 heavy (non-hydrogen) atoms. The van der Waals surface area contributed by atoms with E-state index in [2.05, 4.69) is 0 Å². The number of hydrogen-bond donors (Lipinski definition) is 0. The quantitative estimate of drug-likeness (QED) is 0.460. The van der Waals surface area contributed by atoms with Crippen LogP contribution in [0.5, 0.6) is 0 Å². The van der Waals surface area contributed by atoms with Crippen molar-refractivity contribution in [2.45, 2.75) is 44.9 Å². The van der Waals surface area contributed by atoms with Gasteiger partial charge >= 0.3 is 5.97 Å². The smallest absolute Gasteiger partial charge is 0.330 e. The van der Waals surface area contributed by atoms with E-state index in [1.807, 2.05) is 37.4 Å². The number of anilines is 1. The summed E-state index contributed by atoms with van der Waals surface area (Å²) in [5.74, 6) is -1.56. The van der Waals surface area contributed by atoms with Crippen LogP contribution < -0.4 is 4.90 Å². The van der Waals surface area contributed by atoms with Crippen LogP contribution in [-0.4, -0.2) is 58.8 Å². The van der Waals surface area contributed by atoms with E-state index >= 15 is 0 Å². The fourth-order valence-electron chi connectivity index (χ4n) is 4.47. The number of para-hydroxylation sites is 1. The Hall–Kier alpha value is -3.13. The van der Waals surface area contributed by atoms with Crippen LogP contribution in [0.25, 0.3) is 0 Å². The minimum Gasteiger partial charge on any atom is -0.451 e. The van der Waals surface area contributed by atoms with Gasteiger partial charge < -0.3 is 9.64 Å². The molecule has 3 amide bonds. The summed E-state index contributed by atoms with van der Waals surface area (Å²) in [6.45, 7) is 3.48. The fraction of sp³-hybridized carbons (Fsp3) is 0.360. The summed E-state index contributed by atoms with van der Waals surface area (Å²) in [5.41, 5.74) is 2.44. The van der Waals surface area contributed by atoms with Crippen molar-refractivity contribution in [3.63, 3.8) is 0 Å². The number of carbonyl (C=O) groups excluding carboxylic acids is 4. The molecule has 7 nitrogen and oxygen atoms in total. The minimum atomic E-state index is -1.09. The second-order valence-electron chi connectivity index (χ2n) is 8.29. The molecule has 3 atom stereocenters. The van der Waals surface area contributed by atoms with Gasteiger partial charge in [-0.2, -0.15) is 11.8 Å². The summed E-state index contributed by atoms with van der Waals surface area (Å²) < 4.78 is 5.57. The molecule has 0 bridgehead atoms. The first-order chi connectivity index (χ1) is 15.8. The number of fused-ring (bicyclic) bond motifs is 2. The fourth-order valence-corrected chi connectivity index (χ4v) is 4.93. The summed E-state index contributed by atoms with van der Waals surface area (Å²) in [4.78, 5) is 54.9. The van der Waals surface area contributed by atoms with Gasteiger partial charge in [0.1, 0.15) is 6.04 Å². The van der Waals surface area contributed by atoms with Crippen molar-refractivity contribution < 1.29 is 23.9 Å². The molecule has 2 heterocycles. The van der Waals surface area contributed by atoms with Crippen LogP contribution >= 0.6 is 11.8 Å². The standard InChI is InChI=1S/C25H26N2O5S/c1-15-14-17-8-4-7-11-20(17)26(15)22(28)16(2)32-25(31)21(12-13-33-3)27-23(29)18-9-5-6-10-19(18)24(27)30/h4-11,15-16,21H,12-14H2,1-3H3/t15-,16+,21-/m1/s1. The number of ether oxygens (including phenoxy) is 1. The average Bonchev–Trinajstić information content (AvgIpc) is 3.27. The lowest BCUT2D eigenvalue weighted by molar-refractivity contribution is -0.157. The molecule has 0 N–H and O–H groups in total. The van der Waals surface area contributed by atoms with Crippen LogP contribution in [0.2, 0.25) is 0 Å². The Morgan fingerprint density at radius 2 is 1.67 bits per heavy atom. The van der Waals surface area contributed by atoms with Gasteiger partial charge in [-0.3, -0.25) is 19.3 Å². The highest BCUT2D eigenvalue weighted by atomic mass is 32.2. The number of nitrogens with zero attached hydrogens (tertiary/aromatic N) is 2. The van der Waals surface area contributed by atoms with Crippen molar-refractivity contribution in [1.29, 1.82) is 0 Å². The van der Waals surface area contributed by atoms with E-state index in [1.54, 1.807) is 29.2 Å². The molecule has 2 aromatic carbocycles. The van der Waals surface area contributed by atoms with Crippen molar-refractivity contribution in [3.05, 3.63) is 65.2 Å². The monoisotopic (exact) mass is 466 g/mol. The lowest BCUT2D eigenvalue weighted by Gasteiger charge is -2.28. The maximum atomic E-state index is 13.2. The van der Waals surface area contributed by atoms with Crippen molar-refractivity contribution in [2.75, 3.05) is 16.9 Å². The molecule has 0 saturated carbocycles. The maximum Gasteiger partial charge on any atom is 0.330 e. The highest BCUT2D eigenvalue weighted by Gasteiger charge is 2.44. The number of carbonyl (C=O) groups is 4. The van der Waals surface area contributed by atoms with Crippen LogP contribution in [0.3, 0.4) is 0 Å². The van der Waals surface area contributed by atoms with Gasteiger partial charge in [0, 0.05) is 11.7 Å². The Kier molecular flexibility index (Phi) is 6.56. The lowest BCUT2D eigenvalue weighted by Crippen LogP contribution is -2.49. The van der Waals surface area contributed by atoms with Gasteiger partial charge in [-0.05, 0) is 62.5 Å². The maximum absolute atomic E-state index is 13.2. The van der Waals surface area contributed by atoms with Gasteiger partial charge in [-0.15, -0.1) is 0 Å². The van der Waals surface area contributed by atoms with Crippen LogP contribution in [0.1, 0.15) is 46.5 Å². The number of amides is 3. The number of thioether (sulfide) groups is 1. The van der Waals surface area contributed by atoms with Crippen LogP contribution in [0.4, 0.5) is 5.69 Å². The van der Waals surface area contributed by atoms with Crippen molar-refractivity contribution in [1.82, 2.24) is 4.90 Å². The zero-order chi connectivity index (χ0) is 23.7. The molecule has 8 heteroatoms. The largest absolute Gasteiger partial charge is 0.451 e. The summed E-state index contributed by atoms with van der Waals surface area (Å²) in [7, 11) is 0. The first kappa shape index (κ1) is 23.0. The molecule has 2 aromatic rings. The topological polar surface area (TPSA) is 84.0 Å². The molecule has 0 spiro atoms. The molecule has 2 aliphatic heterocycles. The molecular weight excluding hydrogens is 440 g/mol. The van der Waals surface area contributed by atoms with E-state index in [1.165, 1.54) is 18.7 Å². The zero-order valence-electron chi connectivity index (χ0n) is 18.8. The summed E-state index contributed by atoms with van der Waals surface area (Å²) in [6.07, 6.45) is 1.80. The molecule has 0 aliphatic carbocycles. The molecule has 2 aliphatic rings. The normalized spacial score (nSPS) is 18.7. The van der Waals surface area contributed by atoms with Crippen LogP contribution in [0.15, 0.2) is 48.5 Å². The number of rotatable bonds is 7. The van der Waals surface area contributed by atoms with E-state index in [0.717, 1.165) is 22.6 Å². The third-order valence-electron chi connectivity index (χ3n) is 6.09. The third-order valence-corrected chi connectivity index (χ3v) is 6.73. The van der Waals surface area contributed by atoms with Gasteiger partial charge in [0.2, 0.25) is 0 Å².